The molecule has 3 nitrogen and oxygen atoms in total. The summed E-state index contributed by atoms with van der Waals surface area (Å²) in [5.74, 6) is -0.174. The topological polar surface area (TPSA) is 57.5 Å². The van der Waals surface area contributed by atoms with E-state index in [0.29, 0.717) is 12.2 Å². The lowest BCUT2D eigenvalue weighted by molar-refractivity contribution is -0.136. The first-order valence-corrected chi connectivity index (χ1v) is 5.81. The number of benzene rings is 1. The Balaban J connectivity index is 2.62. The summed E-state index contributed by atoms with van der Waals surface area (Å²) in [6.07, 6.45) is 0.626. The molecule has 1 aromatic carbocycles. The van der Waals surface area contributed by atoms with Crippen molar-refractivity contribution >= 4 is 17.7 Å². The van der Waals surface area contributed by atoms with Crippen LogP contribution in [0.15, 0.2) is 30.3 Å². The number of carboxylic acid groups (broad SMARTS) is 1. The van der Waals surface area contributed by atoms with Crippen molar-refractivity contribution in [1.29, 1.82) is 0 Å². The second-order valence-corrected chi connectivity index (χ2v) is 4.29. The van der Waals surface area contributed by atoms with Crippen LogP contribution in [0.25, 0.3) is 0 Å². The van der Waals surface area contributed by atoms with Gasteiger partial charge in [0, 0.05) is 6.61 Å². The molecule has 2 N–H and O–H groups in total. The maximum Gasteiger partial charge on any atom is 0.321 e. The SMILES string of the molecule is O=C(O)C(SCCCO)c1ccccc1. The third-order valence-corrected chi connectivity index (χ3v) is 3.25. The van der Waals surface area contributed by atoms with E-state index in [9.17, 15) is 4.79 Å². The number of hydrogen-bond donors (Lipinski definition) is 2. The van der Waals surface area contributed by atoms with Crippen LogP contribution in [-0.4, -0.2) is 28.5 Å². The van der Waals surface area contributed by atoms with Gasteiger partial charge in [-0.2, -0.15) is 0 Å². The normalized spacial score (nSPS) is 12.3. The van der Waals surface area contributed by atoms with Crippen LogP contribution in [-0.2, 0) is 4.79 Å². The van der Waals surface area contributed by atoms with Gasteiger partial charge >= 0.3 is 5.97 Å². The predicted molar refractivity (Wildman–Crippen MR) is 61.0 cm³/mol. The molecule has 0 aliphatic carbocycles. The van der Waals surface area contributed by atoms with Crippen molar-refractivity contribution in [2.24, 2.45) is 0 Å². The largest absolute Gasteiger partial charge is 0.480 e. The molecule has 0 heterocycles. The van der Waals surface area contributed by atoms with Gasteiger partial charge in [-0.15, -0.1) is 11.8 Å². The molecular formula is C11H14O3S. The molecule has 1 rings (SSSR count). The van der Waals surface area contributed by atoms with Crippen LogP contribution < -0.4 is 0 Å². The molecule has 0 fully saturated rings. The summed E-state index contributed by atoms with van der Waals surface area (Å²) < 4.78 is 0. The second-order valence-electron chi connectivity index (χ2n) is 3.08. The molecule has 0 spiro atoms. The third kappa shape index (κ3) is 3.93. The minimum Gasteiger partial charge on any atom is -0.480 e. The van der Waals surface area contributed by atoms with E-state index >= 15 is 0 Å². The number of rotatable bonds is 6. The van der Waals surface area contributed by atoms with Crippen LogP contribution in [0.3, 0.4) is 0 Å². The highest BCUT2D eigenvalue weighted by Gasteiger charge is 2.19. The van der Waals surface area contributed by atoms with E-state index in [1.807, 2.05) is 30.3 Å². The molecule has 0 aliphatic rings. The smallest absolute Gasteiger partial charge is 0.321 e. The summed E-state index contributed by atoms with van der Waals surface area (Å²) in [5.41, 5.74) is 0.799. The Morgan fingerprint density at radius 3 is 2.53 bits per heavy atom. The van der Waals surface area contributed by atoms with E-state index in [-0.39, 0.29) is 6.61 Å². The minimum absolute atomic E-state index is 0.105. The molecule has 82 valence electrons. The van der Waals surface area contributed by atoms with Crippen LogP contribution in [0.4, 0.5) is 0 Å². The number of carbonyl (C=O) groups is 1. The first kappa shape index (κ1) is 12.1. The van der Waals surface area contributed by atoms with E-state index in [2.05, 4.69) is 0 Å². The Morgan fingerprint density at radius 1 is 1.33 bits per heavy atom. The van der Waals surface area contributed by atoms with Gasteiger partial charge < -0.3 is 10.2 Å². The van der Waals surface area contributed by atoms with Crippen LogP contribution in [0, 0.1) is 0 Å². The fourth-order valence-electron chi connectivity index (χ4n) is 1.20. The van der Waals surface area contributed by atoms with E-state index in [1.54, 1.807) is 0 Å². The Kier molecular flexibility index (Phi) is 5.21. The molecule has 1 atom stereocenters. The van der Waals surface area contributed by atoms with Crippen LogP contribution >= 0.6 is 11.8 Å². The fourth-order valence-corrected chi connectivity index (χ4v) is 2.23. The van der Waals surface area contributed by atoms with Gasteiger partial charge in [-0.3, -0.25) is 4.79 Å². The first-order chi connectivity index (χ1) is 7.25. The Labute approximate surface area is 93.1 Å². The molecular weight excluding hydrogens is 212 g/mol. The molecule has 0 amide bonds. The monoisotopic (exact) mass is 226 g/mol. The number of carboxylic acids is 1. The number of aliphatic hydroxyl groups excluding tert-OH is 1. The molecule has 1 aromatic rings. The maximum atomic E-state index is 11.0. The molecule has 4 heteroatoms. The van der Waals surface area contributed by atoms with Crippen molar-refractivity contribution in [3.63, 3.8) is 0 Å². The standard InChI is InChI=1S/C11H14O3S/c12-7-4-8-15-10(11(13)14)9-5-2-1-3-6-9/h1-3,5-6,10,12H,4,7-8H2,(H,13,14). The molecule has 0 bridgehead atoms. The minimum atomic E-state index is -0.830. The highest BCUT2D eigenvalue weighted by molar-refractivity contribution is 8.00. The van der Waals surface area contributed by atoms with Crippen molar-refractivity contribution in [2.75, 3.05) is 12.4 Å². The average Bonchev–Trinajstić information content (AvgIpc) is 2.25. The summed E-state index contributed by atoms with van der Waals surface area (Å²) in [5, 5.41) is 17.1. The van der Waals surface area contributed by atoms with Gasteiger partial charge in [-0.1, -0.05) is 30.3 Å². The van der Waals surface area contributed by atoms with E-state index in [0.717, 1.165) is 5.56 Å². The molecule has 0 saturated carbocycles. The second kappa shape index (κ2) is 6.48. The van der Waals surface area contributed by atoms with Crippen molar-refractivity contribution < 1.29 is 15.0 Å². The lowest BCUT2D eigenvalue weighted by Gasteiger charge is -2.11. The molecule has 0 radical (unpaired) electrons. The van der Waals surface area contributed by atoms with Crippen molar-refractivity contribution in [1.82, 2.24) is 0 Å². The van der Waals surface area contributed by atoms with Gasteiger partial charge in [0.15, 0.2) is 0 Å². The summed E-state index contributed by atoms with van der Waals surface area (Å²) in [4.78, 5) is 11.0. The van der Waals surface area contributed by atoms with E-state index < -0.39 is 11.2 Å². The summed E-state index contributed by atoms with van der Waals surface area (Å²) in [6.45, 7) is 0.105. The van der Waals surface area contributed by atoms with Crippen LogP contribution in [0.2, 0.25) is 0 Å². The fraction of sp³-hybridized carbons (Fsp3) is 0.364. The maximum absolute atomic E-state index is 11.0. The van der Waals surface area contributed by atoms with Gasteiger partial charge in [0.2, 0.25) is 0 Å². The zero-order valence-corrected chi connectivity index (χ0v) is 9.11. The van der Waals surface area contributed by atoms with Crippen molar-refractivity contribution in [3.05, 3.63) is 35.9 Å². The molecule has 0 saturated heterocycles. The van der Waals surface area contributed by atoms with Crippen molar-refractivity contribution in [3.8, 4) is 0 Å². The third-order valence-electron chi connectivity index (χ3n) is 1.91. The van der Waals surface area contributed by atoms with Gasteiger partial charge in [0.25, 0.3) is 0 Å². The van der Waals surface area contributed by atoms with Crippen LogP contribution in [0.5, 0.6) is 0 Å². The quantitative estimate of drug-likeness (QED) is 0.728. The average molecular weight is 226 g/mol. The highest BCUT2D eigenvalue weighted by atomic mass is 32.2. The molecule has 1 unspecified atom stereocenters. The van der Waals surface area contributed by atoms with E-state index in [1.165, 1.54) is 11.8 Å². The Hall–Kier alpha value is -1.00. The summed E-state index contributed by atoms with van der Waals surface area (Å²) in [7, 11) is 0. The van der Waals surface area contributed by atoms with Gasteiger partial charge in [-0.05, 0) is 17.7 Å². The highest BCUT2D eigenvalue weighted by Crippen LogP contribution is 2.29. The molecule has 0 aliphatic heterocycles. The Morgan fingerprint density at radius 2 is 2.00 bits per heavy atom. The summed E-state index contributed by atoms with van der Waals surface area (Å²) >= 11 is 1.35. The van der Waals surface area contributed by atoms with Crippen molar-refractivity contribution in [2.45, 2.75) is 11.7 Å². The molecule has 15 heavy (non-hydrogen) atoms. The predicted octanol–water partition coefficient (Wildman–Crippen LogP) is 1.93. The number of aliphatic hydroxyl groups is 1. The van der Waals surface area contributed by atoms with Gasteiger partial charge in [0.05, 0.1) is 0 Å². The number of hydrogen-bond acceptors (Lipinski definition) is 3. The summed E-state index contributed by atoms with van der Waals surface area (Å²) in [6, 6.07) is 9.14. The van der Waals surface area contributed by atoms with Gasteiger partial charge in [-0.25, -0.2) is 0 Å². The molecule has 0 aromatic heterocycles. The lowest BCUT2D eigenvalue weighted by atomic mass is 10.1. The number of thioether (sulfide) groups is 1. The Bertz CT molecular complexity index is 300. The number of aliphatic carboxylic acids is 1. The lowest BCUT2D eigenvalue weighted by Crippen LogP contribution is -2.08. The zero-order chi connectivity index (χ0) is 11.1. The van der Waals surface area contributed by atoms with Crippen LogP contribution in [0.1, 0.15) is 17.2 Å². The van der Waals surface area contributed by atoms with Gasteiger partial charge in [0.1, 0.15) is 5.25 Å². The van der Waals surface area contributed by atoms with E-state index in [4.69, 9.17) is 10.2 Å². The first-order valence-electron chi connectivity index (χ1n) is 4.76. The zero-order valence-electron chi connectivity index (χ0n) is 8.30.